The molecule has 2 heterocycles. The van der Waals surface area contributed by atoms with Crippen LogP contribution in [0.3, 0.4) is 0 Å². The molecule has 0 radical (unpaired) electrons. The predicted molar refractivity (Wildman–Crippen MR) is 117 cm³/mol. The van der Waals surface area contributed by atoms with Crippen LogP contribution in [0.1, 0.15) is 16.1 Å². The molecule has 0 bridgehead atoms. The van der Waals surface area contributed by atoms with Crippen LogP contribution >= 0.6 is 11.3 Å². The maximum atomic E-state index is 13.5. The number of rotatable bonds is 5. The summed E-state index contributed by atoms with van der Waals surface area (Å²) in [5, 5.41) is 7.64. The van der Waals surface area contributed by atoms with Crippen LogP contribution in [0.25, 0.3) is 15.3 Å². The quantitative estimate of drug-likeness (QED) is 0.493. The lowest BCUT2D eigenvalue weighted by Crippen LogP contribution is -2.22. The van der Waals surface area contributed by atoms with Gasteiger partial charge in [-0.15, -0.1) is 0 Å². The Bertz CT molecular complexity index is 1390. The number of hydrogen-bond donors (Lipinski definition) is 1. The van der Waals surface area contributed by atoms with Gasteiger partial charge in [-0.05, 0) is 49.4 Å². The van der Waals surface area contributed by atoms with Gasteiger partial charge in [0.15, 0.2) is 0 Å². The molecule has 1 N–H and O–H groups in total. The van der Waals surface area contributed by atoms with Gasteiger partial charge >= 0.3 is 0 Å². The summed E-state index contributed by atoms with van der Waals surface area (Å²) in [6.45, 7) is 1.78. The molecule has 0 aliphatic rings. The molecule has 0 saturated carbocycles. The van der Waals surface area contributed by atoms with Crippen molar-refractivity contribution in [2.24, 2.45) is 0 Å². The lowest BCUT2D eigenvalue weighted by molar-refractivity contribution is 0.102. The van der Waals surface area contributed by atoms with Crippen molar-refractivity contribution in [3.63, 3.8) is 0 Å². The normalized spacial score (nSPS) is 11.9. The standard InChI is InChI=1S/C20H18FN5O3S2/c1-12-10-18(26(24-12)20-22-16-9-6-14(21)11-17(16)30-20)23-19(27)13-4-7-15(8-5-13)31(28,29)25(2)3/h4-11H,1-3H3,(H,23,27). The SMILES string of the molecule is Cc1cc(NC(=O)c2ccc(S(=O)(=O)N(C)C)cc2)n(-c2nc3ccc(F)cc3s2)n1. The molecule has 0 aliphatic heterocycles. The number of sulfonamides is 1. The van der Waals surface area contributed by atoms with E-state index in [0.717, 1.165) is 4.31 Å². The Hall–Kier alpha value is -3.15. The number of aromatic nitrogens is 3. The van der Waals surface area contributed by atoms with Crippen molar-refractivity contribution >= 4 is 43.3 Å². The second-order valence-corrected chi connectivity index (χ2v) is 10.1. The molecular formula is C20H18FN5O3S2. The van der Waals surface area contributed by atoms with E-state index in [2.05, 4.69) is 15.4 Å². The molecule has 0 atom stereocenters. The van der Waals surface area contributed by atoms with E-state index in [1.165, 1.54) is 66.5 Å². The number of benzene rings is 2. The lowest BCUT2D eigenvalue weighted by Gasteiger charge is -2.11. The van der Waals surface area contributed by atoms with Crippen LogP contribution in [0.4, 0.5) is 10.2 Å². The van der Waals surface area contributed by atoms with Crippen LogP contribution in [0.15, 0.2) is 53.4 Å². The Balaban J connectivity index is 1.62. The molecule has 11 heteroatoms. The summed E-state index contributed by atoms with van der Waals surface area (Å²) in [6, 6.07) is 11.7. The summed E-state index contributed by atoms with van der Waals surface area (Å²) in [7, 11) is -0.699. The second-order valence-electron chi connectivity index (χ2n) is 6.96. The van der Waals surface area contributed by atoms with Crippen LogP contribution in [0, 0.1) is 12.7 Å². The summed E-state index contributed by atoms with van der Waals surface area (Å²) in [4.78, 5) is 17.3. The minimum absolute atomic E-state index is 0.0941. The van der Waals surface area contributed by atoms with Gasteiger partial charge < -0.3 is 5.32 Å². The first-order valence-electron chi connectivity index (χ1n) is 9.12. The van der Waals surface area contributed by atoms with Gasteiger partial charge in [-0.3, -0.25) is 4.79 Å². The lowest BCUT2D eigenvalue weighted by atomic mass is 10.2. The zero-order valence-corrected chi connectivity index (χ0v) is 18.5. The van der Waals surface area contributed by atoms with Crippen molar-refractivity contribution in [2.45, 2.75) is 11.8 Å². The number of anilines is 1. The van der Waals surface area contributed by atoms with E-state index < -0.39 is 15.9 Å². The third-order valence-electron chi connectivity index (χ3n) is 4.49. The smallest absolute Gasteiger partial charge is 0.256 e. The third kappa shape index (κ3) is 4.07. The molecule has 2 aromatic heterocycles. The highest BCUT2D eigenvalue weighted by molar-refractivity contribution is 7.89. The Morgan fingerprint density at radius 1 is 1.13 bits per heavy atom. The third-order valence-corrected chi connectivity index (χ3v) is 7.31. The van der Waals surface area contributed by atoms with Crippen LogP contribution in [-0.4, -0.2) is 47.5 Å². The summed E-state index contributed by atoms with van der Waals surface area (Å²) >= 11 is 1.25. The number of nitrogens with zero attached hydrogens (tertiary/aromatic N) is 4. The number of carbonyl (C=O) groups excluding carboxylic acids is 1. The second kappa shape index (κ2) is 7.84. The Morgan fingerprint density at radius 3 is 2.52 bits per heavy atom. The zero-order valence-electron chi connectivity index (χ0n) is 16.8. The average molecular weight is 460 g/mol. The highest BCUT2D eigenvalue weighted by atomic mass is 32.2. The first-order chi connectivity index (χ1) is 14.6. The molecule has 0 saturated heterocycles. The molecule has 0 fully saturated rings. The first kappa shape index (κ1) is 21.1. The van der Waals surface area contributed by atoms with Crippen molar-refractivity contribution in [1.82, 2.24) is 19.1 Å². The molecule has 1 amide bonds. The molecule has 0 spiro atoms. The molecular weight excluding hydrogens is 441 g/mol. The van der Waals surface area contributed by atoms with Crippen molar-refractivity contribution in [1.29, 1.82) is 0 Å². The minimum atomic E-state index is -3.58. The maximum absolute atomic E-state index is 13.5. The topological polar surface area (TPSA) is 97.2 Å². The van der Waals surface area contributed by atoms with E-state index in [0.29, 0.717) is 26.9 Å². The molecule has 0 aliphatic carbocycles. The van der Waals surface area contributed by atoms with Gasteiger partial charge in [0.1, 0.15) is 11.6 Å². The van der Waals surface area contributed by atoms with Crippen molar-refractivity contribution in [3.05, 3.63) is 65.6 Å². The molecule has 4 aromatic rings. The summed E-state index contributed by atoms with van der Waals surface area (Å²) in [5.41, 5.74) is 1.58. The number of fused-ring (bicyclic) bond motifs is 1. The monoisotopic (exact) mass is 459 g/mol. The molecule has 8 nitrogen and oxygen atoms in total. The number of nitrogens with one attached hydrogen (secondary N) is 1. The Labute approximate surface area is 182 Å². The van der Waals surface area contributed by atoms with E-state index >= 15 is 0 Å². The fourth-order valence-corrected chi connectivity index (χ4v) is 4.75. The van der Waals surface area contributed by atoms with E-state index in [9.17, 15) is 17.6 Å². The largest absolute Gasteiger partial charge is 0.306 e. The van der Waals surface area contributed by atoms with Crippen molar-refractivity contribution in [2.75, 3.05) is 19.4 Å². The highest BCUT2D eigenvalue weighted by Crippen LogP contribution is 2.28. The highest BCUT2D eigenvalue weighted by Gasteiger charge is 2.19. The van der Waals surface area contributed by atoms with Gasteiger partial charge in [-0.1, -0.05) is 11.3 Å². The van der Waals surface area contributed by atoms with Gasteiger partial charge in [0.05, 0.1) is 20.8 Å². The fourth-order valence-electron chi connectivity index (χ4n) is 2.89. The minimum Gasteiger partial charge on any atom is -0.306 e. The van der Waals surface area contributed by atoms with Crippen LogP contribution < -0.4 is 5.32 Å². The Kier molecular flexibility index (Phi) is 5.33. The van der Waals surface area contributed by atoms with Gasteiger partial charge in [0, 0.05) is 25.7 Å². The van der Waals surface area contributed by atoms with E-state index in [4.69, 9.17) is 0 Å². The molecule has 0 unspecified atom stereocenters. The number of amides is 1. The van der Waals surface area contributed by atoms with Crippen molar-refractivity contribution in [3.8, 4) is 5.13 Å². The Morgan fingerprint density at radius 2 is 1.84 bits per heavy atom. The average Bonchev–Trinajstić information content (AvgIpc) is 3.30. The van der Waals surface area contributed by atoms with Crippen LogP contribution in [0.5, 0.6) is 0 Å². The van der Waals surface area contributed by atoms with E-state index in [-0.39, 0.29) is 16.3 Å². The van der Waals surface area contributed by atoms with Gasteiger partial charge in [0.2, 0.25) is 15.2 Å². The number of aryl methyl sites for hydroxylation is 1. The summed E-state index contributed by atoms with van der Waals surface area (Å²) < 4.78 is 41.1. The number of thiazole rings is 1. The predicted octanol–water partition coefficient (Wildman–Crippen LogP) is 3.43. The van der Waals surface area contributed by atoms with Crippen LogP contribution in [0.2, 0.25) is 0 Å². The first-order valence-corrected chi connectivity index (χ1v) is 11.4. The fraction of sp³-hybridized carbons (Fsp3) is 0.150. The number of hydrogen-bond acceptors (Lipinski definition) is 6. The van der Waals surface area contributed by atoms with Gasteiger partial charge in [0.25, 0.3) is 5.91 Å². The molecule has 31 heavy (non-hydrogen) atoms. The van der Waals surface area contributed by atoms with E-state index in [1.54, 1.807) is 19.1 Å². The number of carbonyl (C=O) groups is 1. The molecule has 160 valence electrons. The van der Waals surface area contributed by atoms with Gasteiger partial charge in [-0.25, -0.2) is 22.1 Å². The number of halogens is 1. The van der Waals surface area contributed by atoms with Gasteiger partial charge in [-0.2, -0.15) is 9.78 Å². The molecule has 2 aromatic carbocycles. The maximum Gasteiger partial charge on any atom is 0.256 e. The molecule has 4 rings (SSSR count). The zero-order chi connectivity index (χ0) is 22.3. The summed E-state index contributed by atoms with van der Waals surface area (Å²) in [6.07, 6.45) is 0. The summed E-state index contributed by atoms with van der Waals surface area (Å²) in [5.74, 6) is -0.387. The van der Waals surface area contributed by atoms with E-state index in [1.807, 2.05) is 0 Å². The van der Waals surface area contributed by atoms with Crippen LogP contribution in [-0.2, 0) is 10.0 Å². The van der Waals surface area contributed by atoms with Crippen molar-refractivity contribution < 1.29 is 17.6 Å².